The van der Waals surface area contributed by atoms with Crippen molar-refractivity contribution in [1.82, 2.24) is 0 Å². The van der Waals surface area contributed by atoms with Crippen LogP contribution >= 0.6 is 0 Å². The maximum absolute atomic E-state index is 2.29. The monoisotopic (exact) mass is 155 g/mol. The quantitative estimate of drug-likeness (QED) is 0.512. The number of hydrogen-bond donors (Lipinski definition) is 0. The van der Waals surface area contributed by atoms with E-state index in [-0.39, 0.29) is 0 Å². The first kappa shape index (κ1) is 11.0. The number of unbranched alkanes of at least 4 members (excludes halogenated alkanes) is 2. The summed E-state index contributed by atoms with van der Waals surface area (Å²) in [6.45, 7) is 6.83. The molecule has 0 aromatic heterocycles. The smallest absolute Gasteiger partial charge is 0.0244 e. The molecule has 0 saturated carbocycles. The highest BCUT2D eigenvalue weighted by atomic mass is 14.1. The minimum absolute atomic E-state index is 1.31. The molecule has 0 aliphatic rings. The summed E-state index contributed by atoms with van der Waals surface area (Å²) >= 11 is 0. The Balaban J connectivity index is 3.25. The lowest BCUT2D eigenvalue weighted by Gasteiger charge is -2.12. The second kappa shape index (κ2) is 8.10. The van der Waals surface area contributed by atoms with Gasteiger partial charge < -0.3 is 0 Å². The van der Waals surface area contributed by atoms with Gasteiger partial charge in [0, 0.05) is 0 Å². The highest BCUT2D eigenvalue weighted by molar-refractivity contribution is 4.87. The highest BCUT2D eigenvalue weighted by Gasteiger charge is 2.04. The molecule has 0 rings (SSSR count). The SMILES string of the molecule is CCCC[C](CC)CCCC. The average Bonchev–Trinajstić information content (AvgIpc) is 2.05. The van der Waals surface area contributed by atoms with Gasteiger partial charge in [-0.25, -0.2) is 0 Å². The van der Waals surface area contributed by atoms with E-state index in [0.717, 1.165) is 0 Å². The molecule has 0 unspecified atom stereocenters. The largest absolute Gasteiger partial charge is 0.0654 e. The van der Waals surface area contributed by atoms with Gasteiger partial charge in [-0.1, -0.05) is 46.5 Å². The van der Waals surface area contributed by atoms with Gasteiger partial charge in [0.25, 0.3) is 0 Å². The van der Waals surface area contributed by atoms with Crippen LogP contribution in [0.4, 0.5) is 0 Å². The minimum Gasteiger partial charge on any atom is -0.0654 e. The van der Waals surface area contributed by atoms with E-state index in [9.17, 15) is 0 Å². The molecular weight excluding hydrogens is 132 g/mol. The van der Waals surface area contributed by atoms with Gasteiger partial charge in [-0.3, -0.25) is 0 Å². The van der Waals surface area contributed by atoms with Crippen molar-refractivity contribution in [2.45, 2.75) is 65.7 Å². The molecule has 0 amide bonds. The molecule has 0 spiro atoms. The predicted octanol–water partition coefficient (Wildman–Crippen LogP) is 4.35. The molecule has 11 heavy (non-hydrogen) atoms. The van der Waals surface area contributed by atoms with Crippen molar-refractivity contribution >= 4 is 0 Å². The molecule has 0 aromatic carbocycles. The van der Waals surface area contributed by atoms with E-state index in [1.165, 1.54) is 44.9 Å². The van der Waals surface area contributed by atoms with E-state index in [4.69, 9.17) is 0 Å². The molecular formula is C11H23. The third kappa shape index (κ3) is 6.40. The van der Waals surface area contributed by atoms with Gasteiger partial charge in [-0.2, -0.15) is 0 Å². The van der Waals surface area contributed by atoms with E-state index in [2.05, 4.69) is 20.8 Å². The first-order valence-corrected chi connectivity index (χ1v) is 5.18. The van der Waals surface area contributed by atoms with Crippen LogP contribution in [-0.2, 0) is 0 Å². The standard InChI is InChI=1S/C11H23/c1-4-7-9-11(6-3)10-8-5-2/h4-10H2,1-3H3. The molecule has 0 fully saturated rings. The summed E-state index contributed by atoms with van der Waals surface area (Å²) in [7, 11) is 0. The lowest BCUT2D eigenvalue weighted by atomic mass is 9.94. The van der Waals surface area contributed by atoms with Crippen molar-refractivity contribution in [1.29, 1.82) is 0 Å². The van der Waals surface area contributed by atoms with Crippen LogP contribution in [0, 0.1) is 5.92 Å². The van der Waals surface area contributed by atoms with Crippen LogP contribution in [-0.4, -0.2) is 0 Å². The third-order valence-corrected chi connectivity index (χ3v) is 2.27. The zero-order valence-corrected chi connectivity index (χ0v) is 8.45. The van der Waals surface area contributed by atoms with Crippen LogP contribution in [0.1, 0.15) is 65.7 Å². The molecule has 0 heterocycles. The molecule has 0 bridgehead atoms. The van der Waals surface area contributed by atoms with Crippen LogP contribution in [0.15, 0.2) is 0 Å². The molecule has 0 aliphatic carbocycles. The predicted molar refractivity (Wildman–Crippen MR) is 52.6 cm³/mol. The third-order valence-electron chi connectivity index (χ3n) is 2.27. The van der Waals surface area contributed by atoms with E-state index < -0.39 is 0 Å². The summed E-state index contributed by atoms with van der Waals surface area (Å²) in [6.07, 6.45) is 9.55. The highest BCUT2D eigenvalue weighted by Crippen LogP contribution is 2.21. The van der Waals surface area contributed by atoms with Crippen molar-refractivity contribution in [3.8, 4) is 0 Å². The van der Waals surface area contributed by atoms with Crippen molar-refractivity contribution < 1.29 is 0 Å². The molecule has 0 N–H and O–H groups in total. The van der Waals surface area contributed by atoms with Crippen molar-refractivity contribution in [3.63, 3.8) is 0 Å². The van der Waals surface area contributed by atoms with Gasteiger partial charge in [0.05, 0.1) is 0 Å². The maximum Gasteiger partial charge on any atom is -0.0244 e. The van der Waals surface area contributed by atoms with Gasteiger partial charge in [0.15, 0.2) is 0 Å². The second-order valence-corrected chi connectivity index (χ2v) is 3.31. The summed E-state index contributed by atoms with van der Waals surface area (Å²) < 4.78 is 0. The Hall–Kier alpha value is 0. The molecule has 0 aliphatic heterocycles. The molecule has 67 valence electrons. The second-order valence-electron chi connectivity index (χ2n) is 3.31. The summed E-state index contributed by atoms with van der Waals surface area (Å²) in [5.74, 6) is 1.79. The van der Waals surface area contributed by atoms with Crippen molar-refractivity contribution in [2.24, 2.45) is 0 Å². The van der Waals surface area contributed by atoms with Crippen LogP contribution in [0.2, 0.25) is 0 Å². The molecule has 0 nitrogen and oxygen atoms in total. The average molecular weight is 155 g/mol. The first-order valence-electron chi connectivity index (χ1n) is 5.18. The lowest BCUT2D eigenvalue weighted by Crippen LogP contribution is -1.95. The Kier molecular flexibility index (Phi) is 8.10. The Labute approximate surface area is 72.4 Å². The molecule has 1 radical (unpaired) electrons. The van der Waals surface area contributed by atoms with Gasteiger partial charge in [0.1, 0.15) is 0 Å². The fourth-order valence-electron chi connectivity index (χ4n) is 1.33. The summed E-state index contributed by atoms with van der Waals surface area (Å²) in [6, 6.07) is 0. The summed E-state index contributed by atoms with van der Waals surface area (Å²) in [5, 5.41) is 0. The summed E-state index contributed by atoms with van der Waals surface area (Å²) in [4.78, 5) is 0. The minimum atomic E-state index is 1.31. The molecule has 0 atom stereocenters. The Bertz CT molecular complexity index is 58.4. The van der Waals surface area contributed by atoms with Crippen molar-refractivity contribution in [3.05, 3.63) is 5.92 Å². The Morgan fingerprint density at radius 3 is 1.55 bits per heavy atom. The van der Waals surface area contributed by atoms with Crippen LogP contribution in [0.3, 0.4) is 0 Å². The van der Waals surface area contributed by atoms with Crippen LogP contribution in [0.25, 0.3) is 0 Å². The summed E-state index contributed by atoms with van der Waals surface area (Å²) in [5.41, 5.74) is 0. The fraction of sp³-hybridized carbons (Fsp3) is 0.909. The first-order chi connectivity index (χ1) is 5.35. The van der Waals surface area contributed by atoms with E-state index in [1.807, 2.05) is 0 Å². The molecule has 0 saturated heterocycles. The number of rotatable bonds is 7. The number of hydrogen-bond acceptors (Lipinski definition) is 0. The van der Waals surface area contributed by atoms with Gasteiger partial charge in [0.2, 0.25) is 0 Å². The zero-order valence-electron chi connectivity index (χ0n) is 8.45. The zero-order chi connectivity index (χ0) is 8.53. The fourth-order valence-corrected chi connectivity index (χ4v) is 1.33. The Morgan fingerprint density at radius 1 is 0.818 bits per heavy atom. The topological polar surface area (TPSA) is 0 Å². The van der Waals surface area contributed by atoms with Gasteiger partial charge in [-0.05, 0) is 25.2 Å². The van der Waals surface area contributed by atoms with E-state index >= 15 is 0 Å². The molecule has 0 aromatic rings. The van der Waals surface area contributed by atoms with Crippen molar-refractivity contribution in [2.75, 3.05) is 0 Å². The van der Waals surface area contributed by atoms with Gasteiger partial charge in [-0.15, -0.1) is 0 Å². The normalized spacial score (nSPS) is 10.9. The molecule has 0 heteroatoms. The van der Waals surface area contributed by atoms with Crippen LogP contribution in [0.5, 0.6) is 0 Å². The van der Waals surface area contributed by atoms with Crippen LogP contribution < -0.4 is 0 Å². The van der Waals surface area contributed by atoms with E-state index in [1.54, 1.807) is 5.92 Å². The van der Waals surface area contributed by atoms with Gasteiger partial charge >= 0.3 is 0 Å². The lowest BCUT2D eigenvalue weighted by molar-refractivity contribution is 0.604. The van der Waals surface area contributed by atoms with E-state index in [0.29, 0.717) is 0 Å². The maximum atomic E-state index is 2.29. The Morgan fingerprint density at radius 2 is 1.27 bits per heavy atom.